The van der Waals surface area contributed by atoms with E-state index >= 15 is 0 Å². The van der Waals surface area contributed by atoms with Crippen molar-refractivity contribution < 1.29 is 17.3 Å². The van der Waals surface area contributed by atoms with Crippen molar-refractivity contribution in [2.75, 3.05) is 14.1 Å². The normalized spacial score (nSPS) is 8.60. The van der Waals surface area contributed by atoms with Crippen LogP contribution < -0.4 is 0 Å². The molecule has 0 atom stereocenters. The Morgan fingerprint density at radius 3 is 1.80 bits per heavy atom. The molecule has 0 N–H and O–H groups in total. The van der Waals surface area contributed by atoms with Gasteiger partial charge in [-0.25, -0.2) is 5.10 Å². The van der Waals surface area contributed by atoms with Crippen molar-refractivity contribution >= 4 is 15.4 Å². The van der Waals surface area contributed by atoms with Gasteiger partial charge in [0, 0.05) is 14.1 Å². The maximum absolute atomic E-state index is 4.57. The van der Waals surface area contributed by atoms with E-state index in [9.17, 15) is 0 Å². The first kappa shape index (κ1) is 16.7. The minimum atomic E-state index is 0. The minimum absolute atomic E-state index is 0. The van der Waals surface area contributed by atoms with Crippen molar-refractivity contribution in [1.29, 1.82) is 0 Å². The number of halogens is 1. The van der Waals surface area contributed by atoms with Crippen molar-refractivity contribution in [2.45, 2.75) is 6.92 Å². The number of hydrogen-bond acceptors (Lipinski definition) is 2. The predicted octanol–water partition coefficient (Wildman–Crippen LogP) is 1.90. The Balaban J connectivity index is -0.000000149. The predicted molar refractivity (Wildman–Crippen MR) is 44.4 cm³/mol. The van der Waals surface area contributed by atoms with Crippen LogP contribution in [-0.4, -0.2) is 24.8 Å². The molecule has 0 saturated heterocycles. The number of hydrazone groups is 1. The van der Waals surface area contributed by atoms with Crippen LogP contribution in [-0.2, 0) is 17.3 Å². The Morgan fingerprint density at radius 2 is 1.80 bits per heavy atom. The quantitative estimate of drug-likeness (QED) is 0.300. The molecule has 0 unspecified atom stereocenters. The van der Waals surface area contributed by atoms with Gasteiger partial charge in [-0.1, -0.05) is 6.92 Å². The average molecular weight is 251 g/mol. The van der Waals surface area contributed by atoms with Gasteiger partial charge in [0.15, 0.2) is 0 Å². The molecule has 0 aliphatic carbocycles. The van der Waals surface area contributed by atoms with Gasteiger partial charge in [-0.2, -0.15) is 0 Å². The molecule has 0 fully saturated rings. The average Bonchev–Trinajstić information content (AvgIpc) is 1.68. The Hall–Kier alpha value is 0.253. The molecule has 0 amide bonds. The van der Waals surface area contributed by atoms with Crippen molar-refractivity contribution in [3.8, 4) is 0 Å². The first-order valence-electron chi connectivity index (χ1n) is 2.31. The maximum atomic E-state index is 4.57. The summed E-state index contributed by atoms with van der Waals surface area (Å²) in [6.45, 7) is 5.45. The van der Waals surface area contributed by atoms with E-state index in [2.05, 4.69) is 21.7 Å². The molecule has 0 aliphatic heterocycles. The third-order valence-corrected chi connectivity index (χ3v) is 0.371. The van der Waals surface area contributed by atoms with E-state index in [1.807, 2.05) is 38.3 Å². The molecule has 0 aromatic heterocycles. The van der Waals surface area contributed by atoms with Gasteiger partial charge < -0.3 is 19.4 Å². The van der Waals surface area contributed by atoms with Crippen LogP contribution in [0.1, 0.15) is 6.92 Å². The molecule has 0 heterocycles. The fourth-order valence-corrected chi connectivity index (χ4v) is 0.341. The van der Waals surface area contributed by atoms with Gasteiger partial charge in [-0.05, 0) is 0 Å². The summed E-state index contributed by atoms with van der Waals surface area (Å²) < 4.78 is 0. The first-order chi connectivity index (χ1) is 4.13. The Labute approximate surface area is 78.3 Å². The molecular formula is C6H14ClN2Ru+. The molecule has 0 aromatic rings. The van der Waals surface area contributed by atoms with Crippen molar-refractivity contribution in [3.63, 3.8) is 0 Å². The molecule has 0 bridgehead atoms. The van der Waals surface area contributed by atoms with Crippen LogP contribution in [0.5, 0.6) is 0 Å². The van der Waals surface area contributed by atoms with Crippen LogP contribution in [0.25, 0.3) is 0 Å². The molecular weight excluding hydrogens is 237 g/mol. The van der Waals surface area contributed by atoms with Crippen LogP contribution in [0, 0.1) is 14.4 Å². The fourth-order valence-electron chi connectivity index (χ4n) is 0.341. The number of nitrogens with zero attached hydrogens (tertiary/aromatic N) is 2. The van der Waals surface area contributed by atoms with E-state index in [1.54, 1.807) is 5.01 Å². The summed E-state index contributed by atoms with van der Waals surface area (Å²) in [6, 6.07) is 0. The zero-order chi connectivity index (χ0) is 7.86. The van der Waals surface area contributed by atoms with E-state index in [1.165, 1.54) is 0 Å². The van der Waals surface area contributed by atoms with E-state index in [-0.39, 0.29) is 7.43 Å². The van der Waals surface area contributed by atoms with E-state index in [4.69, 9.17) is 0 Å². The van der Waals surface area contributed by atoms with Crippen LogP contribution in [0.3, 0.4) is 0 Å². The van der Waals surface area contributed by atoms with Gasteiger partial charge in [-0.3, -0.25) is 0 Å². The van der Waals surface area contributed by atoms with E-state index < -0.39 is 0 Å². The molecule has 2 nitrogen and oxygen atoms in total. The molecule has 62 valence electrons. The second-order valence-electron chi connectivity index (χ2n) is 1.68. The van der Waals surface area contributed by atoms with Gasteiger partial charge in [0.25, 0.3) is 0 Å². The summed E-state index contributed by atoms with van der Waals surface area (Å²) in [5, 5.41) is 5.64. The van der Waals surface area contributed by atoms with Crippen molar-refractivity contribution in [2.24, 2.45) is 5.10 Å². The second-order valence-corrected chi connectivity index (χ2v) is 1.68. The Kier molecular flexibility index (Phi) is 20.0. The molecule has 0 aliphatic rings. The number of rotatable bonds is 1. The number of hydrogen-bond donors (Lipinski definition) is 0. The van der Waals surface area contributed by atoms with Gasteiger partial charge in [0.05, 0.1) is 0 Å². The van der Waals surface area contributed by atoms with Crippen LogP contribution in [0.4, 0.5) is 0 Å². The molecule has 4 heteroatoms. The van der Waals surface area contributed by atoms with Crippen LogP contribution in [0.2, 0.25) is 0 Å². The first-order valence-corrected chi connectivity index (χ1v) is 4.54. The summed E-state index contributed by atoms with van der Waals surface area (Å²) >= 11 is 1.82. The molecule has 0 aromatic carbocycles. The Morgan fingerprint density at radius 1 is 1.50 bits per heavy atom. The zero-order valence-electron chi connectivity index (χ0n) is 6.83. The summed E-state index contributed by atoms with van der Waals surface area (Å²) in [4.78, 5) is 0. The second kappa shape index (κ2) is 12.0. The van der Waals surface area contributed by atoms with Gasteiger partial charge in [0.2, 0.25) is 0 Å². The molecule has 0 saturated carbocycles. The standard InChI is InChI=1S/C5H11N2.CH3.ClH.Ru/c1-5(2)6-7(3)4;;;/h1H2,2-4H3;1H3;1H;/q2*-1;;+4/p-1/b6-5+;;;. The van der Waals surface area contributed by atoms with Crippen molar-refractivity contribution in [1.82, 2.24) is 5.01 Å². The van der Waals surface area contributed by atoms with Crippen molar-refractivity contribution in [3.05, 3.63) is 14.4 Å². The molecule has 0 rings (SSSR count). The Bertz CT molecular complexity index is 79.8. The van der Waals surface area contributed by atoms with Crippen LogP contribution >= 0.6 is 9.69 Å². The molecule has 10 heavy (non-hydrogen) atoms. The SMILES string of the molecule is [CH2-]/C(C)=N\N(C)C.[CH3-].[Cl][Ru+3]. The monoisotopic (exact) mass is 251 g/mol. The fraction of sp³-hybridized carbons (Fsp3) is 0.500. The van der Waals surface area contributed by atoms with E-state index in [0.717, 1.165) is 5.71 Å². The summed E-state index contributed by atoms with van der Waals surface area (Å²) in [7, 11) is 8.31. The van der Waals surface area contributed by atoms with Crippen LogP contribution in [0.15, 0.2) is 5.10 Å². The topological polar surface area (TPSA) is 15.6 Å². The summed E-state index contributed by atoms with van der Waals surface area (Å²) in [5.41, 5.74) is 0.838. The van der Waals surface area contributed by atoms with Gasteiger partial charge in [-0.15, -0.1) is 5.71 Å². The van der Waals surface area contributed by atoms with E-state index in [0.29, 0.717) is 0 Å². The van der Waals surface area contributed by atoms with Gasteiger partial charge >= 0.3 is 27.0 Å². The molecule has 0 spiro atoms. The zero-order valence-corrected chi connectivity index (χ0v) is 9.33. The summed E-state index contributed by atoms with van der Waals surface area (Å²) in [6.07, 6.45) is 0. The van der Waals surface area contributed by atoms with Gasteiger partial charge in [0.1, 0.15) is 0 Å². The molecule has 0 radical (unpaired) electrons. The third kappa shape index (κ3) is 24.0. The third-order valence-electron chi connectivity index (χ3n) is 0.371. The summed E-state index contributed by atoms with van der Waals surface area (Å²) in [5.74, 6) is 0.